The van der Waals surface area contributed by atoms with E-state index in [1.165, 1.54) is 119 Å². The van der Waals surface area contributed by atoms with Gasteiger partial charge in [0.2, 0.25) is 0 Å². The molecule has 0 saturated carbocycles. The number of phenols is 1. The Kier molecular flexibility index (Phi) is 15.2. The predicted molar refractivity (Wildman–Crippen MR) is 157 cm³/mol. The van der Waals surface area contributed by atoms with Crippen LogP contribution in [-0.4, -0.2) is 24.1 Å². The third-order valence-electron chi connectivity index (χ3n) is 8.30. The summed E-state index contributed by atoms with van der Waals surface area (Å²) in [6, 6.07) is 4.83. The van der Waals surface area contributed by atoms with Gasteiger partial charge in [0.1, 0.15) is 5.75 Å². The number of hydrogen-bond acceptors (Lipinski definition) is 2. The topological polar surface area (TPSA) is 23.5 Å². The molecule has 2 heteroatoms. The highest BCUT2D eigenvalue weighted by atomic mass is 16.3. The highest BCUT2D eigenvalue weighted by Crippen LogP contribution is 2.50. The standard InChI is InChI=1S/C33H61NO/c1-9-15-21-32(19-13-5,22-16-10-2)29-25-28(27-34(7)8)26-30(31(29)35)33(20-14-6,23-17-11-3)24-18-12-4/h25-26,35H,9-24,27H2,1-8H3. The molecule has 0 atom stereocenters. The Morgan fingerprint density at radius 1 is 0.571 bits per heavy atom. The normalized spacial score (nSPS) is 12.6. The maximum absolute atomic E-state index is 12.3. The molecule has 1 rings (SSSR count). The Morgan fingerprint density at radius 2 is 0.914 bits per heavy atom. The first-order valence-electron chi connectivity index (χ1n) is 15.3. The van der Waals surface area contributed by atoms with Gasteiger partial charge in [0.25, 0.3) is 0 Å². The van der Waals surface area contributed by atoms with Crippen molar-refractivity contribution in [3.8, 4) is 5.75 Å². The summed E-state index contributed by atoms with van der Waals surface area (Å²) in [7, 11) is 4.35. The van der Waals surface area contributed by atoms with Gasteiger partial charge in [-0.3, -0.25) is 0 Å². The molecule has 2 nitrogen and oxygen atoms in total. The lowest BCUT2D eigenvalue weighted by Crippen LogP contribution is -2.31. The largest absolute Gasteiger partial charge is 0.507 e. The van der Waals surface area contributed by atoms with Crippen LogP contribution in [0.2, 0.25) is 0 Å². The molecule has 0 heterocycles. The minimum Gasteiger partial charge on any atom is -0.507 e. The Hall–Kier alpha value is -1.02. The Morgan fingerprint density at radius 3 is 1.17 bits per heavy atom. The summed E-state index contributed by atoms with van der Waals surface area (Å²) in [5.74, 6) is 0.661. The molecule has 0 saturated heterocycles. The van der Waals surface area contributed by atoms with Crippen molar-refractivity contribution in [2.24, 2.45) is 0 Å². The maximum Gasteiger partial charge on any atom is 0.123 e. The molecule has 0 spiro atoms. The summed E-state index contributed by atoms with van der Waals surface area (Å²) >= 11 is 0. The van der Waals surface area contributed by atoms with Gasteiger partial charge in [-0.1, -0.05) is 118 Å². The van der Waals surface area contributed by atoms with Gasteiger partial charge in [-0.15, -0.1) is 0 Å². The van der Waals surface area contributed by atoms with E-state index in [-0.39, 0.29) is 10.8 Å². The van der Waals surface area contributed by atoms with E-state index >= 15 is 0 Å². The van der Waals surface area contributed by atoms with E-state index in [9.17, 15) is 5.11 Å². The number of nitrogens with zero attached hydrogens (tertiary/aromatic N) is 1. The SMILES string of the molecule is CCCCC(CCC)(CCCC)c1cc(CN(C)C)cc(C(CCC)(CCCC)CCCC)c1O. The van der Waals surface area contributed by atoms with Crippen LogP contribution in [0.1, 0.15) is 161 Å². The number of hydrogen-bond donors (Lipinski definition) is 1. The molecule has 1 aromatic rings. The molecule has 0 unspecified atom stereocenters. The summed E-state index contributed by atoms with van der Waals surface area (Å²) < 4.78 is 0. The monoisotopic (exact) mass is 487 g/mol. The summed E-state index contributed by atoms with van der Waals surface area (Å²) in [5, 5.41) is 12.3. The average Bonchev–Trinajstić information content (AvgIpc) is 2.83. The van der Waals surface area contributed by atoms with Crippen molar-refractivity contribution in [3.63, 3.8) is 0 Å². The molecule has 0 aliphatic heterocycles. The fourth-order valence-electron chi connectivity index (χ4n) is 6.53. The lowest BCUT2D eigenvalue weighted by Gasteiger charge is -2.40. The molecular weight excluding hydrogens is 426 g/mol. The van der Waals surface area contributed by atoms with Crippen molar-refractivity contribution in [3.05, 3.63) is 28.8 Å². The molecule has 204 valence electrons. The summed E-state index contributed by atoms with van der Waals surface area (Å²) in [4.78, 5) is 2.29. The first-order chi connectivity index (χ1) is 16.8. The average molecular weight is 488 g/mol. The van der Waals surface area contributed by atoms with Gasteiger partial charge in [-0.2, -0.15) is 0 Å². The Labute approximate surface area is 220 Å². The number of benzene rings is 1. The van der Waals surface area contributed by atoms with Crippen LogP contribution in [-0.2, 0) is 17.4 Å². The minimum absolute atomic E-state index is 0.0927. The van der Waals surface area contributed by atoms with Crippen LogP contribution >= 0.6 is 0 Å². The van der Waals surface area contributed by atoms with Crippen molar-refractivity contribution in [2.75, 3.05) is 14.1 Å². The fraction of sp³-hybridized carbons (Fsp3) is 0.818. The van der Waals surface area contributed by atoms with E-state index in [2.05, 4.69) is 72.7 Å². The predicted octanol–water partition coefficient (Wildman–Crippen LogP) is 10.3. The van der Waals surface area contributed by atoms with E-state index in [1.807, 2.05) is 0 Å². The van der Waals surface area contributed by atoms with Gasteiger partial charge in [-0.25, -0.2) is 0 Å². The van der Waals surface area contributed by atoms with Crippen molar-refractivity contribution < 1.29 is 5.11 Å². The van der Waals surface area contributed by atoms with Crippen LogP contribution in [0.3, 0.4) is 0 Å². The third-order valence-corrected chi connectivity index (χ3v) is 8.30. The van der Waals surface area contributed by atoms with Gasteiger partial charge < -0.3 is 10.0 Å². The second-order valence-electron chi connectivity index (χ2n) is 11.8. The first-order valence-corrected chi connectivity index (χ1v) is 15.3. The van der Waals surface area contributed by atoms with Crippen LogP contribution < -0.4 is 0 Å². The van der Waals surface area contributed by atoms with Crippen molar-refractivity contribution >= 4 is 0 Å². The van der Waals surface area contributed by atoms with E-state index < -0.39 is 0 Å². The zero-order valence-electron chi connectivity index (χ0n) is 25.1. The van der Waals surface area contributed by atoms with E-state index in [0.29, 0.717) is 5.75 Å². The third kappa shape index (κ3) is 9.10. The second-order valence-corrected chi connectivity index (χ2v) is 11.8. The molecule has 0 aromatic heterocycles. The van der Waals surface area contributed by atoms with Gasteiger partial charge >= 0.3 is 0 Å². The van der Waals surface area contributed by atoms with Gasteiger partial charge in [0.15, 0.2) is 0 Å². The molecule has 1 N–H and O–H groups in total. The molecular formula is C33H61NO. The van der Waals surface area contributed by atoms with Gasteiger partial charge in [0, 0.05) is 17.7 Å². The van der Waals surface area contributed by atoms with Crippen molar-refractivity contribution in [1.82, 2.24) is 4.90 Å². The summed E-state index contributed by atoms with van der Waals surface area (Å²) in [5.41, 5.74) is 4.14. The molecule has 0 radical (unpaired) electrons. The molecule has 0 fully saturated rings. The van der Waals surface area contributed by atoms with Crippen LogP contribution in [0, 0.1) is 0 Å². The van der Waals surface area contributed by atoms with Crippen LogP contribution in [0.5, 0.6) is 5.75 Å². The Bertz CT molecular complexity index is 625. The molecule has 0 aliphatic rings. The first kappa shape index (κ1) is 32.0. The zero-order valence-corrected chi connectivity index (χ0v) is 25.1. The quantitative estimate of drug-likeness (QED) is 0.198. The number of phenolic OH excluding ortho intramolecular Hbond substituents is 1. The summed E-state index contributed by atoms with van der Waals surface area (Å²) in [6.45, 7) is 14.8. The van der Waals surface area contributed by atoms with Crippen LogP contribution in [0.4, 0.5) is 0 Å². The van der Waals surface area contributed by atoms with Crippen molar-refractivity contribution in [1.29, 1.82) is 0 Å². The number of unbranched alkanes of at least 4 members (excludes halogenated alkanes) is 4. The zero-order chi connectivity index (χ0) is 26.3. The molecule has 1 aromatic carbocycles. The highest BCUT2D eigenvalue weighted by molar-refractivity contribution is 5.51. The molecule has 0 bridgehead atoms. The molecule has 35 heavy (non-hydrogen) atoms. The molecule has 0 aliphatic carbocycles. The maximum atomic E-state index is 12.3. The lowest BCUT2D eigenvalue weighted by atomic mass is 9.65. The van der Waals surface area contributed by atoms with E-state index in [4.69, 9.17) is 0 Å². The smallest absolute Gasteiger partial charge is 0.123 e. The Balaban J connectivity index is 3.93. The number of aromatic hydroxyl groups is 1. The van der Waals surface area contributed by atoms with E-state index in [0.717, 1.165) is 6.54 Å². The van der Waals surface area contributed by atoms with E-state index in [1.54, 1.807) is 0 Å². The van der Waals surface area contributed by atoms with Gasteiger partial charge in [0.05, 0.1) is 0 Å². The van der Waals surface area contributed by atoms with Crippen LogP contribution in [0.25, 0.3) is 0 Å². The number of rotatable bonds is 20. The summed E-state index contributed by atoms with van der Waals surface area (Å²) in [6.07, 6.45) is 19.3. The second kappa shape index (κ2) is 16.7. The van der Waals surface area contributed by atoms with Crippen LogP contribution in [0.15, 0.2) is 12.1 Å². The highest BCUT2D eigenvalue weighted by Gasteiger charge is 2.39. The minimum atomic E-state index is 0.0927. The lowest BCUT2D eigenvalue weighted by molar-refractivity contribution is 0.282. The van der Waals surface area contributed by atoms with Gasteiger partial charge in [-0.05, 0) is 69.0 Å². The fourth-order valence-corrected chi connectivity index (χ4v) is 6.53. The van der Waals surface area contributed by atoms with Crippen molar-refractivity contribution in [2.45, 2.75) is 162 Å². The molecule has 0 amide bonds.